The minimum atomic E-state index is 0.243. The fourth-order valence-corrected chi connectivity index (χ4v) is 2.45. The Balaban J connectivity index is 2.02. The normalized spacial score (nSPS) is 20.8. The highest BCUT2D eigenvalue weighted by atomic mass is 79.9. The second-order valence-corrected chi connectivity index (χ2v) is 5.05. The molecule has 0 aromatic carbocycles. The molecule has 1 aromatic heterocycles. The van der Waals surface area contributed by atoms with Gasteiger partial charge in [-0.25, -0.2) is 0 Å². The largest absolute Gasteiger partial charge is 0.336 e. The Bertz CT molecular complexity index is 382. The second kappa shape index (κ2) is 4.57. The number of hydrogen-bond acceptors (Lipinski definition) is 2. The van der Waals surface area contributed by atoms with Crippen LogP contribution in [0.1, 0.15) is 17.8 Å². The predicted octanol–water partition coefficient (Wildman–Crippen LogP) is 1.47. The van der Waals surface area contributed by atoms with Gasteiger partial charge in [0, 0.05) is 31.0 Å². The highest BCUT2D eigenvalue weighted by Crippen LogP contribution is 2.21. The van der Waals surface area contributed by atoms with Gasteiger partial charge in [0.2, 0.25) is 5.91 Å². The molecule has 0 N–H and O–H groups in total. The minimum Gasteiger partial charge on any atom is -0.336 e. The van der Waals surface area contributed by atoms with E-state index in [0.29, 0.717) is 18.9 Å². The third-order valence-corrected chi connectivity index (χ3v) is 3.95. The summed E-state index contributed by atoms with van der Waals surface area (Å²) in [4.78, 5) is 13.6. The molecule has 1 aliphatic rings. The summed E-state index contributed by atoms with van der Waals surface area (Å²) in [5, 5.41) is 5.27. The molecule has 16 heavy (non-hydrogen) atoms. The third-order valence-electron chi connectivity index (χ3n) is 3.03. The molecule has 0 saturated carbocycles. The van der Waals surface area contributed by atoms with E-state index in [1.807, 2.05) is 29.6 Å². The Morgan fingerprint density at radius 3 is 2.88 bits per heavy atom. The number of carbonyl (C=O) groups excluding carboxylic acids is 1. The zero-order valence-electron chi connectivity index (χ0n) is 9.61. The van der Waals surface area contributed by atoms with Gasteiger partial charge in [-0.2, -0.15) is 5.10 Å². The van der Waals surface area contributed by atoms with Crippen LogP contribution in [0.5, 0.6) is 0 Å². The van der Waals surface area contributed by atoms with Gasteiger partial charge in [0.25, 0.3) is 0 Å². The number of likely N-dealkylation sites (tertiary alicyclic amines) is 1. The third kappa shape index (κ3) is 2.29. The van der Waals surface area contributed by atoms with Gasteiger partial charge in [-0.05, 0) is 18.9 Å². The highest BCUT2D eigenvalue weighted by Gasteiger charge is 2.29. The lowest BCUT2D eigenvalue weighted by Crippen LogP contribution is -2.25. The van der Waals surface area contributed by atoms with Crippen molar-refractivity contribution < 1.29 is 4.79 Å². The predicted molar refractivity (Wildman–Crippen MR) is 65.3 cm³/mol. The Morgan fingerprint density at radius 2 is 2.38 bits per heavy atom. The van der Waals surface area contributed by atoms with Crippen molar-refractivity contribution in [2.24, 2.45) is 13.0 Å². The van der Waals surface area contributed by atoms with Crippen LogP contribution in [0.3, 0.4) is 0 Å². The van der Waals surface area contributed by atoms with Crippen LogP contribution in [0.2, 0.25) is 0 Å². The van der Waals surface area contributed by atoms with Crippen molar-refractivity contribution in [3.8, 4) is 0 Å². The summed E-state index contributed by atoms with van der Waals surface area (Å²) in [6, 6.07) is 2.04. The molecule has 1 aromatic rings. The summed E-state index contributed by atoms with van der Waals surface area (Å²) in [6.07, 6.45) is 0.664. The standard InChI is InChI=1S/C11H16BrN3O/c1-8-3-10(13-14(8)2)7-15-6-9(5-12)4-11(15)16/h3,9H,4-7H2,1-2H3. The topological polar surface area (TPSA) is 38.1 Å². The van der Waals surface area contributed by atoms with Crippen LogP contribution in [0.15, 0.2) is 6.07 Å². The molecule has 1 unspecified atom stereocenters. The number of halogens is 1. The fourth-order valence-electron chi connectivity index (χ4n) is 2.02. The van der Waals surface area contributed by atoms with Crippen molar-refractivity contribution in [1.29, 1.82) is 0 Å². The van der Waals surface area contributed by atoms with Crippen molar-refractivity contribution in [3.63, 3.8) is 0 Å². The molecule has 1 amide bonds. The van der Waals surface area contributed by atoms with Crippen LogP contribution in [0.25, 0.3) is 0 Å². The highest BCUT2D eigenvalue weighted by molar-refractivity contribution is 9.09. The molecule has 0 radical (unpaired) electrons. The first-order valence-electron chi connectivity index (χ1n) is 5.43. The van der Waals surface area contributed by atoms with Crippen molar-refractivity contribution in [2.45, 2.75) is 19.9 Å². The monoisotopic (exact) mass is 285 g/mol. The quantitative estimate of drug-likeness (QED) is 0.789. The van der Waals surface area contributed by atoms with Gasteiger partial charge in [-0.15, -0.1) is 0 Å². The summed E-state index contributed by atoms with van der Waals surface area (Å²) in [5.41, 5.74) is 2.10. The van der Waals surface area contributed by atoms with Crippen molar-refractivity contribution in [1.82, 2.24) is 14.7 Å². The minimum absolute atomic E-state index is 0.243. The number of carbonyl (C=O) groups is 1. The molecule has 4 nitrogen and oxygen atoms in total. The maximum Gasteiger partial charge on any atom is 0.223 e. The van der Waals surface area contributed by atoms with E-state index in [1.54, 1.807) is 0 Å². The molecular formula is C11H16BrN3O. The summed E-state index contributed by atoms with van der Waals surface area (Å²) in [7, 11) is 1.92. The molecule has 0 spiro atoms. The van der Waals surface area contributed by atoms with Gasteiger partial charge < -0.3 is 4.90 Å². The second-order valence-electron chi connectivity index (χ2n) is 4.40. The molecule has 0 bridgehead atoms. The summed E-state index contributed by atoms with van der Waals surface area (Å²) >= 11 is 3.43. The van der Waals surface area contributed by atoms with Gasteiger partial charge >= 0.3 is 0 Å². The van der Waals surface area contributed by atoms with Gasteiger partial charge in [-0.3, -0.25) is 9.48 Å². The molecule has 1 saturated heterocycles. The maximum atomic E-state index is 11.7. The van der Waals surface area contributed by atoms with Crippen LogP contribution in [0, 0.1) is 12.8 Å². The Morgan fingerprint density at radius 1 is 1.62 bits per heavy atom. The number of rotatable bonds is 3. The van der Waals surface area contributed by atoms with E-state index in [0.717, 1.165) is 23.3 Å². The number of nitrogens with zero attached hydrogens (tertiary/aromatic N) is 3. The number of amides is 1. The lowest BCUT2D eigenvalue weighted by atomic mass is 10.2. The Labute approximate surface area is 104 Å². The van der Waals surface area contributed by atoms with E-state index in [2.05, 4.69) is 21.0 Å². The first-order chi connectivity index (χ1) is 7.60. The Kier molecular flexibility index (Phi) is 3.33. The van der Waals surface area contributed by atoms with Crippen molar-refractivity contribution >= 4 is 21.8 Å². The van der Waals surface area contributed by atoms with E-state index in [1.165, 1.54) is 0 Å². The van der Waals surface area contributed by atoms with E-state index in [9.17, 15) is 4.79 Å². The average Bonchev–Trinajstić information content (AvgIpc) is 2.73. The van der Waals surface area contributed by atoms with Crippen LogP contribution in [-0.2, 0) is 18.4 Å². The smallest absolute Gasteiger partial charge is 0.223 e. The van der Waals surface area contributed by atoms with E-state index >= 15 is 0 Å². The van der Waals surface area contributed by atoms with Gasteiger partial charge in [0.1, 0.15) is 0 Å². The van der Waals surface area contributed by atoms with E-state index in [-0.39, 0.29) is 5.91 Å². The molecule has 0 aliphatic carbocycles. The summed E-state index contributed by atoms with van der Waals surface area (Å²) in [6.45, 7) is 3.51. The summed E-state index contributed by atoms with van der Waals surface area (Å²) < 4.78 is 1.85. The maximum absolute atomic E-state index is 11.7. The molecule has 2 heterocycles. The van der Waals surface area contributed by atoms with E-state index in [4.69, 9.17) is 0 Å². The van der Waals surface area contributed by atoms with Crippen LogP contribution < -0.4 is 0 Å². The number of aromatic nitrogens is 2. The zero-order chi connectivity index (χ0) is 11.7. The molecule has 2 rings (SSSR count). The van der Waals surface area contributed by atoms with Crippen LogP contribution >= 0.6 is 15.9 Å². The van der Waals surface area contributed by atoms with Crippen LogP contribution in [0.4, 0.5) is 0 Å². The molecule has 1 atom stereocenters. The first-order valence-corrected chi connectivity index (χ1v) is 6.55. The zero-order valence-corrected chi connectivity index (χ0v) is 11.2. The van der Waals surface area contributed by atoms with Gasteiger partial charge in [0.15, 0.2) is 0 Å². The number of aryl methyl sites for hydroxylation is 2. The molecule has 5 heteroatoms. The SMILES string of the molecule is Cc1cc(CN2CC(CBr)CC2=O)nn1C. The summed E-state index contributed by atoms with van der Waals surface area (Å²) in [5.74, 6) is 0.699. The van der Waals surface area contributed by atoms with E-state index < -0.39 is 0 Å². The van der Waals surface area contributed by atoms with Gasteiger partial charge in [-0.1, -0.05) is 15.9 Å². The molecule has 1 aliphatic heterocycles. The lowest BCUT2D eigenvalue weighted by Gasteiger charge is -2.14. The first kappa shape index (κ1) is 11.6. The van der Waals surface area contributed by atoms with Crippen molar-refractivity contribution in [2.75, 3.05) is 11.9 Å². The molecular weight excluding hydrogens is 270 g/mol. The molecule has 1 fully saturated rings. The molecule has 88 valence electrons. The fraction of sp³-hybridized carbons (Fsp3) is 0.636. The average molecular weight is 286 g/mol. The van der Waals surface area contributed by atoms with Crippen LogP contribution in [-0.4, -0.2) is 32.5 Å². The van der Waals surface area contributed by atoms with Gasteiger partial charge in [0.05, 0.1) is 12.2 Å². The number of alkyl halides is 1. The Hall–Kier alpha value is -0.840. The van der Waals surface area contributed by atoms with Crippen molar-refractivity contribution in [3.05, 3.63) is 17.5 Å². The lowest BCUT2D eigenvalue weighted by molar-refractivity contribution is -0.128. The number of hydrogen-bond donors (Lipinski definition) is 0.